The Morgan fingerprint density at radius 1 is 1.45 bits per heavy atom. The van der Waals surface area contributed by atoms with Crippen molar-refractivity contribution in [1.29, 1.82) is 0 Å². The number of nitrogens with one attached hydrogen (secondary N) is 1. The van der Waals surface area contributed by atoms with E-state index in [0.29, 0.717) is 30.9 Å². The highest BCUT2D eigenvalue weighted by atomic mass is 16.3. The van der Waals surface area contributed by atoms with Crippen molar-refractivity contribution >= 4 is 17.3 Å². The van der Waals surface area contributed by atoms with E-state index in [2.05, 4.69) is 5.32 Å². The molecule has 0 atom stereocenters. The number of hydrogen-bond donors (Lipinski definition) is 3. The summed E-state index contributed by atoms with van der Waals surface area (Å²) in [7, 11) is 0. The topological polar surface area (TPSA) is 78.6 Å². The van der Waals surface area contributed by atoms with E-state index in [1.165, 1.54) is 0 Å². The lowest BCUT2D eigenvalue weighted by molar-refractivity contribution is -0.117. The number of nitrogen functional groups attached to an aromatic ring is 1. The van der Waals surface area contributed by atoms with Gasteiger partial charge in [-0.25, -0.2) is 0 Å². The zero-order valence-corrected chi connectivity index (χ0v) is 12.5. The molecule has 0 fully saturated rings. The molecule has 0 spiro atoms. The van der Waals surface area contributed by atoms with Gasteiger partial charge in [0.25, 0.3) is 0 Å². The lowest BCUT2D eigenvalue weighted by atomic mass is 10.1. The first kappa shape index (κ1) is 16.5. The molecule has 0 unspecified atom stereocenters. The molecule has 1 rings (SSSR count). The van der Waals surface area contributed by atoms with Gasteiger partial charge in [-0.05, 0) is 38.8 Å². The van der Waals surface area contributed by atoms with Gasteiger partial charge in [0, 0.05) is 19.2 Å². The van der Waals surface area contributed by atoms with Gasteiger partial charge in [0.2, 0.25) is 5.91 Å². The number of amides is 1. The molecular weight excluding hydrogens is 254 g/mol. The number of anilines is 2. The van der Waals surface area contributed by atoms with Gasteiger partial charge in [-0.3, -0.25) is 9.69 Å². The van der Waals surface area contributed by atoms with Crippen molar-refractivity contribution < 1.29 is 9.90 Å². The minimum Gasteiger partial charge on any atom is -0.397 e. The number of aliphatic hydroxyl groups is 1. The van der Waals surface area contributed by atoms with Gasteiger partial charge in [0.1, 0.15) is 0 Å². The predicted octanol–water partition coefficient (Wildman–Crippen LogP) is 1.61. The second-order valence-corrected chi connectivity index (χ2v) is 5.23. The van der Waals surface area contributed by atoms with Gasteiger partial charge in [-0.15, -0.1) is 0 Å². The Hall–Kier alpha value is -1.59. The number of nitrogens with two attached hydrogens (primary N) is 1. The number of carbonyl (C=O) groups excluding carboxylic acids is 1. The molecule has 0 radical (unpaired) electrons. The Morgan fingerprint density at radius 3 is 2.70 bits per heavy atom. The van der Waals surface area contributed by atoms with Crippen LogP contribution >= 0.6 is 0 Å². The largest absolute Gasteiger partial charge is 0.397 e. The Morgan fingerprint density at radius 2 is 2.15 bits per heavy atom. The van der Waals surface area contributed by atoms with Crippen LogP contribution in [0, 0.1) is 6.92 Å². The quantitative estimate of drug-likeness (QED) is 0.663. The Bertz CT molecular complexity index is 426. The van der Waals surface area contributed by atoms with E-state index in [1.807, 2.05) is 37.8 Å². The minimum absolute atomic E-state index is 0.0855. The summed E-state index contributed by atoms with van der Waals surface area (Å²) in [5.41, 5.74) is 8.09. The molecule has 0 aliphatic carbocycles. The fourth-order valence-corrected chi connectivity index (χ4v) is 2.02. The number of aryl methyl sites for hydroxylation is 1. The maximum atomic E-state index is 12.1. The van der Waals surface area contributed by atoms with E-state index in [9.17, 15) is 4.79 Å². The average molecular weight is 279 g/mol. The number of carbonyl (C=O) groups is 1. The molecule has 1 amide bonds. The third-order valence-electron chi connectivity index (χ3n) is 3.25. The van der Waals surface area contributed by atoms with Crippen molar-refractivity contribution in [2.24, 2.45) is 0 Å². The minimum atomic E-state index is -0.0855. The van der Waals surface area contributed by atoms with Crippen LogP contribution in [0.5, 0.6) is 0 Å². The van der Waals surface area contributed by atoms with Crippen LogP contribution in [0.3, 0.4) is 0 Å². The molecule has 20 heavy (non-hydrogen) atoms. The summed E-state index contributed by atoms with van der Waals surface area (Å²) in [5, 5.41) is 11.8. The summed E-state index contributed by atoms with van der Waals surface area (Å²) < 4.78 is 0. The molecule has 1 aromatic carbocycles. The maximum absolute atomic E-state index is 12.1. The predicted molar refractivity (Wildman–Crippen MR) is 82.6 cm³/mol. The van der Waals surface area contributed by atoms with Crippen molar-refractivity contribution in [1.82, 2.24) is 4.90 Å². The second kappa shape index (κ2) is 7.87. The first-order valence-corrected chi connectivity index (χ1v) is 6.95. The van der Waals surface area contributed by atoms with Crippen LogP contribution in [0.2, 0.25) is 0 Å². The van der Waals surface area contributed by atoms with Crippen LogP contribution in [0.4, 0.5) is 11.4 Å². The maximum Gasteiger partial charge on any atom is 0.238 e. The first-order chi connectivity index (χ1) is 9.45. The highest BCUT2D eigenvalue weighted by Crippen LogP contribution is 2.22. The van der Waals surface area contributed by atoms with Crippen LogP contribution in [-0.2, 0) is 4.79 Å². The van der Waals surface area contributed by atoms with Gasteiger partial charge >= 0.3 is 0 Å². The van der Waals surface area contributed by atoms with E-state index in [4.69, 9.17) is 10.8 Å². The van der Waals surface area contributed by atoms with Crippen molar-refractivity contribution in [3.63, 3.8) is 0 Å². The standard InChI is InChI=1S/C15H25N3O2/c1-11(2)18(8-5-9-19)10-14(20)17-15-12(3)6-4-7-13(15)16/h4,6-7,11,19H,5,8-10,16H2,1-3H3,(H,17,20). The highest BCUT2D eigenvalue weighted by molar-refractivity contribution is 5.96. The van der Waals surface area contributed by atoms with Crippen LogP contribution < -0.4 is 11.1 Å². The van der Waals surface area contributed by atoms with Crippen LogP contribution in [-0.4, -0.2) is 41.7 Å². The Labute approximate surface area is 120 Å². The van der Waals surface area contributed by atoms with E-state index >= 15 is 0 Å². The van der Waals surface area contributed by atoms with Crippen molar-refractivity contribution in [2.75, 3.05) is 30.7 Å². The molecule has 5 heteroatoms. The van der Waals surface area contributed by atoms with Crippen molar-refractivity contribution in [2.45, 2.75) is 33.2 Å². The van der Waals surface area contributed by atoms with Crippen LogP contribution in [0.25, 0.3) is 0 Å². The molecule has 0 saturated heterocycles. The van der Waals surface area contributed by atoms with Gasteiger partial charge in [-0.2, -0.15) is 0 Å². The molecule has 0 aliphatic heterocycles. The number of benzene rings is 1. The lowest BCUT2D eigenvalue weighted by Crippen LogP contribution is -2.39. The van der Waals surface area contributed by atoms with Gasteiger partial charge in [0.15, 0.2) is 0 Å². The number of hydrogen-bond acceptors (Lipinski definition) is 4. The van der Waals surface area contributed by atoms with E-state index in [-0.39, 0.29) is 18.6 Å². The van der Waals surface area contributed by atoms with E-state index in [1.54, 1.807) is 6.07 Å². The number of aliphatic hydroxyl groups excluding tert-OH is 1. The zero-order valence-electron chi connectivity index (χ0n) is 12.5. The van der Waals surface area contributed by atoms with E-state index < -0.39 is 0 Å². The number of rotatable bonds is 7. The summed E-state index contributed by atoms with van der Waals surface area (Å²) in [6, 6.07) is 5.80. The second-order valence-electron chi connectivity index (χ2n) is 5.23. The van der Waals surface area contributed by atoms with E-state index in [0.717, 1.165) is 5.56 Å². The first-order valence-electron chi connectivity index (χ1n) is 6.95. The summed E-state index contributed by atoms with van der Waals surface area (Å²) in [5.74, 6) is -0.0855. The normalized spacial score (nSPS) is 11.1. The average Bonchev–Trinajstić information content (AvgIpc) is 2.38. The summed E-state index contributed by atoms with van der Waals surface area (Å²) in [6.45, 7) is 7.11. The molecule has 0 aliphatic rings. The highest BCUT2D eigenvalue weighted by Gasteiger charge is 2.15. The van der Waals surface area contributed by atoms with Crippen LogP contribution in [0.1, 0.15) is 25.8 Å². The SMILES string of the molecule is Cc1cccc(N)c1NC(=O)CN(CCCO)C(C)C. The third kappa shape index (κ3) is 4.83. The Balaban J connectivity index is 2.66. The summed E-state index contributed by atoms with van der Waals surface area (Å²) in [4.78, 5) is 14.2. The number of nitrogens with zero attached hydrogens (tertiary/aromatic N) is 1. The molecule has 0 saturated carbocycles. The van der Waals surface area contributed by atoms with Crippen molar-refractivity contribution in [3.8, 4) is 0 Å². The van der Waals surface area contributed by atoms with Crippen LogP contribution in [0.15, 0.2) is 18.2 Å². The monoisotopic (exact) mass is 279 g/mol. The van der Waals surface area contributed by atoms with Crippen molar-refractivity contribution in [3.05, 3.63) is 23.8 Å². The van der Waals surface area contributed by atoms with Gasteiger partial charge in [-0.1, -0.05) is 12.1 Å². The fraction of sp³-hybridized carbons (Fsp3) is 0.533. The molecule has 4 N–H and O–H groups in total. The number of para-hydroxylation sites is 1. The van der Waals surface area contributed by atoms with Gasteiger partial charge < -0.3 is 16.2 Å². The lowest BCUT2D eigenvalue weighted by Gasteiger charge is -2.25. The Kier molecular flexibility index (Phi) is 6.48. The van der Waals surface area contributed by atoms with Gasteiger partial charge in [0.05, 0.1) is 17.9 Å². The molecule has 0 heterocycles. The molecule has 5 nitrogen and oxygen atoms in total. The molecule has 1 aromatic rings. The fourth-order valence-electron chi connectivity index (χ4n) is 2.02. The smallest absolute Gasteiger partial charge is 0.238 e. The zero-order chi connectivity index (χ0) is 15.1. The molecule has 112 valence electrons. The third-order valence-corrected chi connectivity index (χ3v) is 3.25. The summed E-state index contributed by atoms with van der Waals surface area (Å²) in [6.07, 6.45) is 0.665. The molecular formula is C15H25N3O2. The molecule has 0 aromatic heterocycles. The molecule has 0 bridgehead atoms. The summed E-state index contributed by atoms with van der Waals surface area (Å²) >= 11 is 0.